The molecule has 1 aromatic carbocycles. The van der Waals surface area contributed by atoms with Crippen LogP contribution in [-0.4, -0.2) is 16.8 Å². The zero-order valence-electron chi connectivity index (χ0n) is 11.2. The van der Waals surface area contributed by atoms with Crippen LogP contribution in [0, 0.1) is 12.7 Å². The summed E-state index contributed by atoms with van der Waals surface area (Å²) in [7, 11) is 3.83. The minimum absolute atomic E-state index is 0.127. The first-order chi connectivity index (χ1) is 9.01. The molecule has 0 saturated heterocycles. The number of nitrogens with zero attached hydrogens (tertiary/aromatic N) is 2. The van der Waals surface area contributed by atoms with Gasteiger partial charge in [0, 0.05) is 28.8 Å². The average Bonchev–Trinajstić information content (AvgIpc) is 2.66. The number of rotatable bonds is 4. The van der Waals surface area contributed by atoms with Gasteiger partial charge in [0.15, 0.2) is 0 Å². The Bertz CT molecular complexity index is 560. The predicted molar refractivity (Wildman–Crippen MR) is 77.5 cm³/mol. The quantitative estimate of drug-likeness (QED) is 0.935. The third-order valence-electron chi connectivity index (χ3n) is 3.36. The summed E-state index contributed by atoms with van der Waals surface area (Å²) in [6, 6.07) is 5.11. The van der Waals surface area contributed by atoms with E-state index in [2.05, 4.69) is 26.3 Å². The van der Waals surface area contributed by atoms with Gasteiger partial charge < -0.3 is 5.32 Å². The Morgan fingerprint density at radius 2 is 2.16 bits per heavy atom. The molecule has 1 unspecified atom stereocenters. The molecule has 102 valence electrons. The minimum atomic E-state index is -0.220. The van der Waals surface area contributed by atoms with E-state index in [-0.39, 0.29) is 11.9 Å². The van der Waals surface area contributed by atoms with Crippen LogP contribution in [-0.2, 0) is 13.5 Å². The van der Waals surface area contributed by atoms with Crippen LogP contribution in [0.25, 0.3) is 0 Å². The number of likely N-dealkylation sites (N-methyl/N-ethyl adjacent to an activating group) is 1. The van der Waals surface area contributed by atoms with Crippen LogP contribution in [0.1, 0.15) is 22.9 Å². The molecule has 0 aliphatic rings. The Kier molecular flexibility index (Phi) is 4.37. The molecule has 0 spiro atoms. The number of hydrogen-bond acceptors (Lipinski definition) is 2. The van der Waals surface area contributed by atoms with Crippen LogP contribution < -0.4 is 5.32 Å². The molecule has 2 rings (SSSR count). The number of aryl methyl sites for hydroxylation is 1. The van der Waals surface area contributed by atoms with Gasteiger partial charge in [0.25, 0.3) is 0 Å². The van der Waals surface area contributed by atoms with Crippen LogP contribution >= 0.6 is 15.9 Å². The fourth-order valence-corrected chi connectivity index (χ4v) is 2.70. The van der Waals surface area contributed by atoms with E-state index in [1.165, 1.54) is 6.07 Å². The molecule has 0 amide bonds. The van der Waals surface area contributed by atoms with Crippen LogP contribution in [0.2, 0.25) is 0 Å². The van der Waals surface area contributed by atoms with Gasteiger partial charge in [-0.05, 0) is 44.2 Å². The highest BCUT2D eigenvalue weighted by Gasteiger charge is 2.16. The first kappa shape index (κ1) is 14.2. The molecule has 0 radical (unpaired) electrons. The maximum atomic E-state index is 13.4. The van der Waals surface area contributed by atoms with Gasteiger partial charge in [-0.25, -0.2) is 4.39 Å². The average molecular weight is 326 g/mol. The zero-order valence-corrected chi connectivity index (χ0v) is 12.8. The molecule has 19 heavy (non-hydrogen) atoms. The molecule has 0 saturated carbocycles. The maximum Gasteiger partial charge on any atom is 0.124 e. The van der Waals surface area contributed by atoms with E-state index < -0.39 is 0 Å². The van der Waals surface area contributed by atoms with Crippen LogP contribution in [0.15, 0.2) is 28.9 Å². The number of hydrogen-bond donors (Lipinski definition) is 1. The second-order valence-electron chi connectivity index (χ2n) is 4.63. The highest BCUT2D eigenvalue weighted by atomic mass is 79.9. The number of nitrogens with one attached hydrogen (secondary N) is 1. The topological polar surface area (TPSA) is 29.9 Å². The summed E-state index contributed by atoms with van der Waals surface area (Å²) in [5.41, 5.74) is 3.22. The van der Waals surface area contributed by atoms with Gasteiger partial charge in [-0.2, -0.15) is 5.10 Å². The number of benzene rings is 1. The molecule has 0 aliphatic carbocycles. The first-order valence-corrected chi connectivity index (χ1v) is 6.91. The Morgan fingerprint density at radius 1 is 1.42 bits per heavy atom. The number of halogens is 2. The standard InChI is InChI=1S/C14H17BrFN3/c1-9-13(8-18-19(9)3)14(17-2)6-10-4-11(15)7-12(16)5-10/h4-5,7-8,14,17H,6H2,1-3H3. The molecule has 0 fully saturated rings. The number of aromatic nitrogens is 2. The van der Waals surface area contributed by atoms with E-state index in [4.69, 9.17) is 0 Å². The lowest BCUT2D eigenvalue weighted by Gasteiger charge is -2.16. The Labute approximate surface area is 121 Å². The van der Waals surface area contributed by atoms with Crippen molar-refractivity contribution in [1.29, 1.82) is 0 Å². The highest BCUT2D eigenvalue weighted by molar-refractivity contribution is 9.10. The molecular formula is C14H17BrFN3. The molecule has 1 N–H and O–H groups in total. The third-order valence-corrected chi connectivity index (χ3v) is 3.82. The fourth-order valence-electron chi connectivity index (χ4n) is 2.19. The SMILES string of the molecule is CNC(Cc1cc(F)cc(Br)c1)c1cnn(C)c1C. The molecule has 0 bridgehead atoms. The van der Waals surface area contributed by atoms with Gasteiger partial charge in [-0.15, -0.1) is 0 Å². The van der Waals surface area contributed by atoms with Crippen molar-refractivity contribution in [2.45, 2.75) is 19.4 Å². The predicted octanol–water partition coefficient (Wildman–Crippen LogP) is 3.13. The summed E-state index contributed by atoms with van der Waals surface area (Å²) >= 11 is 3.32. The van der Waals surface area contributed by atoms with E-state index in [0.717, 1.165) is 27.7 Å². The minimum Gasteiger partial charge on any atom is -0.313 e. The summed E-state index contributed by atoms with van der Waals surface area (Å²) in [6.07, 6.45) is 2.59. The van der Waals surface area contributed by atoms with Crippen molar-refractivity contribution in [2.75, 3.05) is 7.05 Å². The largest absolute Gasteiger partial charge is 0.313 e. The molecule has 5 heteroatoms. The second kappa shape index (κ2) is 5.84. The van der Waals surface area contributed by atoms with Gasteiger partial charge >= 0.3 is 0 Å². The van der Waals surface area contributed by atoms with Crippen LogP contribution in [0.3, 0.4) is 0 Å². The molecule has 3 nitrogen and oxygen atoms in total. The lowest BCUT2D eigenvalue weighted by Crippen LogP contribution is -2.19. The molecule has 1 atom stereocenters. The smallest absolute Gasteiger partial charge is 0.124 e. The molecule has 1 aromatic heterocycles. The van der Waals surface area contributed by atoms with Crippen LogP contribution in [0.4, 0.5) is 4.39 Å². The molecule has 0 aliphatic heterocycles. The maximum absolute atomic E-state index is 13.4. The Hall–Kier alpha value is -1.20. The lowest BCUT2D eigenvalue weighted by atomic mass is 9.99. The van der Waals surface area contributed by atoms with Crippen molar-refractivity contribution in [3.05, 3.63) is 51.5 Å². The van der Waals surface area contributed by atoms with Crippen molar-refractivity contribution in [1.82, 2.24) is 15.1 Å². The first-order valence-electron chi connectivity index (χ1n) is 6.12. The van der Waals surface area contributed by atoms with Crippen molar-refractivity contribution in [3.8, 4) is 0 Å². The van der Waals surface area contributed by atoms with Crippen molar-refractivity contribution < 1.29 is 4.39 Å². The van der Waals surface area contributed by atoms with Gasteiger partial charge in [0.1, 0.15) is 5.82 Å². The summed E-state index contributed by atoms with van der Waals surface area (Å²) in [5, 5.41) is 7.52. The monoisotopic (exact) mass is 325 g/mol. The lowest BCUT2D eigenvalue weighted by molar-refractivity contribution is 0.579. The van der Waals surface area contributed by atoms with Gasteiger partial charge in [0.2, 0.25) is 0 Å². The van der Waals surface area contributed by atoms with E-state index in [0.29, 0.717) is 0 Å². The summed E-state index contributed by atoms with van der Waals surface area (Å²) in [5.74, 6) is -0.220. The third kappa shape index (κ3) is 3.22. The van der Waals surface area contributed by atoms with Gasteiger partial charge in [0.05, 0.1) is 6.20 Å². The fraction of sp³-hybridized carbons (Fsp3) is 0.357. The summed E-state index contributed by atoms with van der Waals surface area (Å²) in [4.78, 5) is 0. The van der Waals surface area contributed by atoms with Gasteiger partial charge in [-0.3, -0.25) is 4.68 Å². The van der Waals surface area contributed by atoms with E-state index in [1.807, 2.05) is 38.0 Å². The molecular weight excluding hydrogens is 309 g/mol. The zero-order chi connectivity index (χ0) is 14.0. The Balaban J connectivity index is 2.26. The second-order valence-corrected chi connectivity index (χ2v) is 5.55. The summed E-state index contributed by atoms with van der Waals surface area (Å²) < 4.78 is 16.0. The molecule has 1 heterocycles. The van der Waals surface area contributed by atoms with Crippen LogP contribution in [0.5, 0.6) is 0 Å². The van der Waals surface area contributed by atoms with E-state index >= 15 is 0 Å². The highest BCUT2D eigenvalue weighted by Crippen LogP contribution is 2.23. The van der Waals surface area contributed by atoms with E-state index in [1.54, 1.807) is 6.07 Å². The van der Waals surface area contributed by atoms with E-state index in [9.17, 15) is 4.39 Å². The normalized spacial score (nSPS) is 12.7. The van der Waals surface area contributed by atoms with Crippen molar-refractivity contribution in [2.24, 2.45) is 7.05 Å². The molecule has 2 aromatic rings. The van der Waals surface area contributed by atoms with Crippen molar-refractivity contribution in [3.63, 3.8) is 0 Å². The van der Waals surface area contributed by atoms with Crippen molar-refractivity contribution >= 4 is 15.9 Å². The summed E-state index contributed by atoms with van der Waals surface area (Å²) in [6.45, 7) is 2.04. The van der Waals surface area contributed by atoms with Gasteiger partial charge in [-0.1, -0.05) is 15.9 Å². The Morgan fingerprint density at radius 3 is 2.68 bits per heavy atom.